The monoisotopic (exact) mass is 310 g/mol. The van der Waals surface area contributed by atoms with Crippen molar-refractivity contribution in [1.29, 1.82) is 0 Å². The molecule has 3 rings (SSSR count). The topological polar surface area (TPSA) is 44.9 Å². The Morgan fingerprint density at radius 1 is 1.22 bits per heavy atom. The molecule has 3 aromatic rings. The minimum atomic E-state index is -0.248. The molecule has 4 heteroatoms. The zero-order valence-electron chi connectivity index (χ0n) is 13.0. The van der Waals surface area contributed by atoms with E-state index in [9.17, 15) is 9.18 Å². The van der Waals surface area contributed by atoms with Crippen LogP contribution in [0.1, 0.15) is 16.7 Å². The SMILES string of the molecule is Cc1cccc(CC(=O)NCCc2c[nH]c3ccc(F)cc23)c1. The predicted octanol–water partition coefficient (Wildman–Crippen LogP) is 3.52. The van der Waals surface area contributed by atoms with E-state index in [1.54, 1.807) is 6.07 Å². The summed E-state index contributed by atoms with van der Waals surface area (Å²) in [7, 11) is 0. The van der Waals surface area contributed by atoms with Crippen molar-refractivity contribution in [1.82, 2.24) is 10.3 Å². The Bertz CT molecular complexity index is 838. The summed E-state index contributed by atoms with van der Waals surface area (Å²) in [4.78, 5) is 15.1. The fraction of sp³-hybridized carbons (Fsp3) is 0.211. The van der Waals surface area contributed by atoms with E-state index in [-0.39, 0.29) is 11.7 Å². The summed E-state index contributed by atoms with van der Waals surface area (Å²) < 4.78 is 13.3. The van der Waals surface area contributed by atoms with Gasteiger partial charge in [0, 0.05) is 23.6 Å². The fourth-order valence-corrected chi connectivity index (χ4v) is 2.76. The third-order valence-electron chi connectivity index (χ3n) is 3.89. The number of amides is 1. The van der Waals surface area contributed by atoms with Gasteiger partial charge in [-0.25, -0.2) is 4.39 Å². The van der Waals surface area contributed by atoms with Gasteiger partial charge in [0.1, 0.15) is 5.82 Å². The maximum absolute atomic E-state index is 13.3. The molecular weight excluding hydrogens is 291 g/mol. The van der Waals surface area contributed by atoms with Crippen molar-refractivity contribution in [2.45, 2.75) is 19.8 Å². The molecule has 1 heterocycles. The second-order valence-corrected chi connectivity index (χ2v) is 5.77. The molecule has 1 amide bonds. The van der Waals surface area contributed by atoms with Crippen LogP contribution >= 0.6 is 0 Å². The van der Waals surface area contributed by atoms with E-state index in [1.165, 1.54) is 12.1 Å². The number of rotatable bonds is 5. The van der Waals surface area contributed by atoms with E-state index in [2.05, 4.69) is 10.3 Å². The Labute approximate surface area is 134 Å². The van der Waals surface area contributed by atoms with Crippen LogP contribution in [0, 0.1) is 12.7 Å². The number of hydrogen-bond acceptors (Lipinski definition) is 1. The standard InChI is InChI=1S/C19H19FN2O/c1-13-3-2-4-14(9-13)10-19(23)21-8-7-15-12-22-18-6-5-16(20)11-17(15)18/h2-6,9,11-12,22H,7-8,10H2,1H3,(H,21,23). The second-order valence-electron chi connectivity index (χ2n) is 5.77. The average molecular weight is 310 g/mol. The molecule has 0 saturated carbocycles. The highest BCUT2D eigenvalue weighted by molar-refractivity contribution is 5.83. The van der Waals surface area contributed by atoms with E-state index in [1.807, 2.05) is 37.4 Å². The highest BCUT2D eigenvalue weighted by Gasteiger charge is 2.07. The molecule has 0 radical (unpaired) electrons. The van der Waals surface area contributed by atoms with E-state index in [0.717, 1.165) is 27.6 Å². The second kappa shape index (κ2) is 6.65. The number of aromatic amines is 1. The van der Waals surface area contributed by atoms with Crippen LogP contribution < -0.4 is 5.32 Å². The molecular formula is C19H19FN2O. The van der Waals surface area contributed by atoms with Crippen LogP contribution in [0.5, 0.6) is 0 Å². The Morgan fingerprint density at radius 3 is 2.91 bits per heavy atom. The molecule has 23 heavy (non-hydrogen) atoms. The number of benzene rings is 2. The first-order chi connectivity index (χ1) is 11.1. The average Bonchev–Trinajstić information content (AvgIpc) is 2.90. The molecule has 2 N–H and O–H groups in total. The first-order valence-electron chi connectivity index (χ1n) is 7.69. The van der Waals surface area contributed by atoms with Gasteiger partial charge in [-0.05, 0) is 42.7 Å². The van der Waals surface area contributed by atoms with Gasteiger partial charge in [-0.1, -0.05) is 29.8 Å². The molecule has 0 aliphatic rings. The minimum Gasteiger partial charge on any atom is -0.361 e. The summed E-state index contributed by atoms with van der Waals surface area (Å²) in [5.41, 5.74) is 4.08. The molecule has 0 atom stereocenters. The van der Waals surface area contributed by atoms with Crippen molar-refractivity contribution in [2.24, 2.45) is 0 Å². The summed E-state index contributed by atoms with van der Waals surface area (Å²) in [6.45, 7) is 2.55. The minimum absolute atomic E-state index is 0.00150. The third kappa shape index (κ3) is 3.77. The molecule has 2 aromatic carbocycles. The Hall–Kier alpha value is -2.62. The van der Waals surface area contributed by atoms with Gasteiger partial charge in [0.05, 0.1) is 6.42 Å². The molecule has 0 spiro atoms. The smallest absolute Gasteiger partial charge is 0.224 e. The van der Waals surface area contributed by atoms with E-state index >= 15 is 0 Å². The van der Waals surface area contributed by atoms with E-state index < -0.39 is 0 Å². The molecule has 0 aliphatic carbocycles. The van der Waals surface area contributed by atoms with Gasteiger partial charge in [-0.15, -0.1) is 0 Å². The zero-order chi connectivity index (χ0) is 16.2. The predicted molar refractivity (Wildman–Crippen MR) is 89.9 cm³/mol. The lowest BCUT2D eigenvalue weighted by Gasteiger charge is -2.06. The van der Waals surface area contributed by atoms with Gasteiger partial charge in [-0.2, -0.15) is 0 Å². The summed E-state index contributed by atoms with van der Waals surface area (Å²) in [6.07, 6.45) is 2.92. The molecule has 0 fully saturated rings. The van der Waals surface area contributed by atoms with Crippen LogP contribution in [-0.2, 0) is 17.6 Å². The van der Waals surface area contributed by atoms with Crippen molar-refractivity contribution in [3.63, 3.8) is 0 Å². The van der Waals surface area contributed by atoms with Crippen LogP contribution in [0.2, 0.25) is 0 Å². The lowest BCUT2D eigenvalue weighted by molar-refractivity contribution is -0.120. The Morgan fingerprint density at radius 2 is 2.09 bits per heavy atom. The number of hydrogen-bond donors (Lipinski definition) is 2. The summed E-state index contributed by atoms with van der Waals surface area (Å²) in [5, 5.41) is 3.79. The highest BCUT2D eigenvalue weighted by atomic mass is 19.1. The highest BCUT2D eigenvalue weighted by Crippen LogP contribution is 2.19. The number of carbonyl (C=O) groups is 1. The number of H-pyrrole nitrogens is 1. The summed E-state index contributed by atoms with van der Waals surface area (Å²) in [5.74, 6) is -0.247. The van der Waals surface area contributed by atoms with Crippen molar-refractivity contribution in [3.8, 4) is 0 Å². The van der Waals surface area contributed by atoms with Crippen molar-refractivity contribution in [2.75, 3.05) is 6.54 Å². The summed E-state index contributed by atoms with van der Waals surface area (Å²) in [6, 6.07) is 12.6. The molecule has 3 nitrogen and oxygen atoms in total. The largest absolute Gasteiger partial charge is 0.361 e. The fourth-order valence-electron chi connectivity index (χ4n) is 2.76. The van der Waals surface area contributed by atoms with Gasteiger partial charge in [-0.3, -0.25) is 4.79 Å². The molecule has 0 saturated heterocycles. The lowest BCUT2D eigenvalue weighted by atomic mass is 10.1. The van der Waals surface area contributed by atoms with Crippen LogP contribution in [0.15, 0.2) is 48.7 Å². The van der Waals surface area contributed by atoms with Gasteiger partial charge in [0.25, 0.3) is 0 Å². The molecule has 0 unspecified atom stereocenters. The number of carbonyl (C=O) groups excluding carboxylic acids is 1. The zero-order valence-corrected chi connectivity index (χ0v) is 13.0. The number of nitrogens with one attached hydrogen (secondary N) is 2. The van der Waals surface area contributed by atoms with Crippen molar-refractivity contribution < 1.29 is 9.18 Å². The first kappa shape index (κ1) is 15.3. The molecule has 0 aliphatic heterocycles. The number of fused-ring (bicyclic) bond motifs is 1. The van der Waals surface area contributed by atoms with Gasteiger partial charge < -0.3 is 10.3 Å². The Balaban J connectivity index is 1.56. The van der Waals surface area contributed by atoms with Crippen molar-refractivity contribution in [3.05, 3.63) is 71.2 Å². The first-order valence-corrected chi connectivity index (χ1v) is 7.69. The quantitative estimate of drug-likeness (QED) is 0.744. The van der Waals surface area contributed by atoms with Crippen molar-refractivity contribution >= 4 is 16.8 Å². The van der Waals surface area contributed by atoms with Gasteiger partial charge in [0.2, 0.25) is 5.91 Å². The molecule has 118 valence electrons. The number of aryl methyl sites for hydroxylation is 1. The molecule has 1 aromatic heterocycles. The summed E-state index contributed by atoms with van der Waals surface area (Å²) >= 11 is 0. The van der Waals surface area contributed by atoms with E-state index in [4.69, 9.17) is 0 Å². The number of halogens is 1. The number of aromatic nitrogens is 1. The van der Waals surface area contributed by atoms with Gasteiger partial charge in [0.15, 0.2) is 0 Å². The molecule has 0 bridgehead atoms. The maximum atomic E-state index is 13.3. The van der Waals surface area contributed by atoms with Crippen LogP contribution in [0.3, 0.4) is 0 Å². The third-order valence-corrected chi connectivity index (χ3v) is 3.89. The van der Waals surface area contributed by atoms with Crippen LogP contribution in [-0.4, -0.2) is 17.4 Å². The maximum Gasteiger partial charge on any atom is 0.224 e. The normalized spacial score (nSPS) is 10.9. The van der Waals surface area contributed by atoms with E-state index in [0.29, 0.717) is 19.4 Å². The van der Waals surface area contributed by atoms with Gasteiger partial charge >= 0.3 is 0 Å². The van der Waals surface area contributed by atoms with Crippen LogP contribution in [0.4, 0.5) is 4.39 Å². The van der Waals surface area contributed by atoms with Crippen LogP contribution in [0.25, 0.3) is 10.9 Å². The Kier molecular flexibility index (Phi) is 4.42. The lowest BCUT2D eigenvalue weighted by Crippen LogP contribution is -2.27.